The van der Waals surface area contributed by atoms with Crippen molar-refractivity contribution in [1.29, 1.82) is 0 Å². The minimum atomic E-state index is -0.167. The van der Waals surface area contributed by atoms with Gasteiger partial charge in [-0.2, -0.15) is 0 Å². The first kappa shape index (κ1) is 9.88. The summed E-state index contributed by atoms with van der Waals surface area (Å²) < 4.78 is 0. The number of hydrogen-bond acceptors (Lipinski definition) is 3. The first-order valence-corrected chi connectivity index (χ1v) is 3.66. The molecule has 0 aliphatic carbocycles. The maximum absolute atomic E-state index is 8.06. The van der Waals surface area contributed by atoms with E-state index in [2.05, 4.69) is 9.78 Å². The van der Waals surface area contributed by atoms with Crippen molar-refractivity contribution in [2.24, 2.45) is 0 Å². The van der Waals surface area contributed by atoms with Crippen LogP contribution in [0.1, 0.15) is 26.7 Å². The van der Waals surface area contributed by atoms with E-state index in [0.717, 1.165) is 26.1 Å². The molecule has 1 aliphatic heterocycles. The van der Waals surface area contributed by atoms with Crippen molar-refractivity contribution in [2.45, 2.75) is 32.8 Å². The molecule has 0 unspecified atom stereocenters. The van der Waals surface area contributed by atoms with Gasteiger partial charge in [0.1, 0.15) is 0 Å². The number of hydrogen-bond donors (Lipinski definition) is 1. The van der Waals surface area contributed by atoms with Crippen LogP contribution in [0.15, 0.2) is 0 Å². The Kier molecular flexibility index (Phi) is 6.91. The Morgan fingerprint density at radius 3 is 1.50 bits per heavy atom. The molecule has 10 heavy (non-hydrogen) atoms. The predicted octanol–water partition coefficient (Wildman–Crippen LogP) is 1.12. The van der Waals surface area contributed by atoms with E-state index >= 15 is 0 Å². The molecule has 0 spiro atoms. The molecule has 0 aromatic carbocycles. The highest BCUT2D eigenvalue weighted by atomic mass is 17.2. The summed E-state index contributed by atoms with van der Waals surface area (Å²) in [6.07, 6.45) is 2.14. The lowest BCUT2D eigenvalue weighted by Crippen LogP contribution is -2.05. The van der Waals surface area contributed by atoms with Gasteiger partial charge in [0.15, 0.2) is 0 Å². The van der Waals surface area contributed by atoms with Gasteiger partial charge in [0, 0.05) is 6.10 Å². The third-order valence-corrected chi connectivity index (χ3v) is 0.789. The molecule has 0 aromatic heterocycles. The van der Waals surface area contributed by atoms with Gasteiger partial charge in [-0.1, -0.05) is 0 Å². The molecule has 3 heteroatoms. The van der Waals surface area contributed by atoms with Gasteiger partial charge in [-0.05, 0) is 26.7 Å². The minimum absolute atomic E-state index is 0.167. The lowest BCUT2D eigenvalue weighted by atomic mass is 10.3. The molecule has 1 N–H and O–H groups in total. The summed E-state index contributed by atoms with van der Waals surface area (Å²) in [6.45, 7) is 5.00. The average Bonchev–Trinajstić information content (AvgIpc) is 1.90. The van der Waals surface area contributed by atoms with Gasteiger partial charge in [-0.3, -0.25) is 0 Å². The van der Waals surface area contributed by atoms with Crippen molar-refractivity contribution in [1.82, 2.24) is 0 Å². The lowest BCUT2D eigenvalue weighted by Gasteiger charge is -2.07. The first-order chi connectivity index (χ1) is 4.73. The molecule has 1 fully saturated rings. The van der Waals surface area contributed by atoms with Crippen LogP contribution in [0.3, 0.4) is 0 Å². The van der Waals surface area contributed by atoms with E-state index in [4.69, 9.17) is 5.11 Å². The summed E-state index contributed by atoms with van der Waals surface area (Å²) in [6, 6.07) is 0. The maximum Gasteiger partial charge on any atom is 0.0823 e. The summed E-state index contributed by atoms with van der Waals surface area (Å²) in [7, 11) is 0. The molecule has 0 aromatic rings. The van der Waals surface area contributed by atoms with Crippen molar-refractivity contribution in [3.63, 3.8) is 0 Å². The molecule has 62 valence electrons. The molecule has 1 aliphatic rings. The quantitative estimate of drug-likeness (QED) is 0.523. The van der Waals surface area contributed by atoms with Gasteiger partial charge in [-0.25, -0.2) is 9.78 Å². The lowest BCUT2D eigenvalue weighted by molar-refractivity contribution is -0.312. The molecule has 0 amide bonds. The minimum Gasteiger partial charge on any atom is -0.394 e. The standard InChI is InChI=1S/C4H8O2.C3H8O/c1-2-4-6-5-3-1;1-3(2)4/h1-4H2;3-4H,1-2H3. The summed E-state index contributed by atoms with van der Waals surface area (Å²) >= 11 is 0. The highest BCUT2D eigenvalue weighted by Gasteiger charge is 1.95. The van der Waals surface area contributed by atoms with E-state index in [1.807, 2.05) is 0 Å². The Morgan fingerprint density at radius 2 is 1.40 bits per heavy atom. The van der Waals surface area contributed by atoms with Crippen LogP contribution in [0.4, 0.5) is 0 Å². The van der Waals surface area contributed by atoms with Crippen molar-refractivity contribution < 1.29 is 14.9 Å². The maximum atomic E-state index is 8.06. The Balaban J connectivity index is 0.000000180. The number of rotatable bonds is 0. The summed E-state index contributed by atoms with van der Waals surface area (Å²) in [5.74, 6) is 0. The van der Waals surface area contributed by atoms with Gasteiger partial charge in [-0.15, -0.1) is 0 Å². The van der Waals surface area contributed by atoms with Gasteiger partial charge < -0.3 is 5.11 Å². The molecule has 0 radical (unpaired) electrons. The van der Waals surface area contributed by atoms with Crippen LogP contribution >= 0.6 is 0 Å². The predicted molar refractivity (Wildman–Crippen MR) is 38.5 cm³/mol. The zero-order chi connectivity index (χ0) is 7.82. The highest BCUT2D eigenvalue weighted by molar-refractivity contribution is 4.36. The van der Waals surface area contributed by atoms with Crippen LogP contribution in [0.2, 0.25) is 0 Å². The van der Waals surface area contributed by atoms with Crippen LogP contribution in [-0.2, 0) is 9.78 Å². The van der Waals surface area contributed by atoms with Crippen LogP contribution in [-0.4, -0.2) is 24.4 Å². The zero-order valence-electron chi connectivity index (χ0n) is 6.67. The summed E-state index contributed by atoms with van der Waals surface area (Å²) in [5.41, 5.74) is 0. The molecule has 0 bridgehead atoms. The van der Waals surface area contributed by atoms with E-state index in [0.29, 0.717) is 0 Å². The SMILES string of the molecule is C1CCOOC1.CC(C)O. The number of aliphatic hydroxyl groups excluding tert-OH is 1. The highest BCUT2D eigenvalue weighted by Crippen LogP contribution is 1.97. The van der Waals surface area contributed by atoms with Gasteiger partial charge >= 0.3 is 0 Å². The van der Waals surface area contributed by atoms with Gasteiger partial charge in [0.2, 0.25) is 0 Å². The largest absolute Gasteiger partial charge is 0.394 e. The van der Waals surface area contributed by atoms with E-state index in [9.17, 15) is 0 Å². The first-order valence-electron chi connectivity index (χ1n) is 3.66. The van der Waals surface area contributed by atoms with E-state index in [1.54, 1.807) is 13.8 Å². The van der Waals surface area contributed by atoms with E-state index in [1.165, 1.54) is 0 Å². The van der Waals surface area contributed by atoms with Crippen LogP contribution in [0.5, 0.6) is 0 Å². The third kappa shape index (κ3) is 10.8. The van der Waals surface area contributed by atoms with Crippen LogP contribution in [0, 0.1) is 0 Å². The molecular weight excluding hydrogens is 132 g/mol. The molecule has 1 heterocycles. The summed E-state index contributed by atoms with van der Waals surface area (Å²) in [5, 5.41) is 8.06. The van der Waals surface area contributed by atoms with Crippen LogP contribution in [0.25, 0.3) is 0 Å². The van der Waals surface area contributed by atoms with Crippen molar-refractivity contribution in [2.75, 3.05) is 13.2 Å². The smallest absolute Gasteiger partial charge is 0.0823 e. The average molecular weight is 148 g/mol. The molecular formula is C7H16O3. The Labute approximate surface area is 61.9 Å². The molecule has 1 rings (SSSR count). The number of aliphatic hydroxyl groups is 1. The van der Waals surface area contributed by atoms with Crippen molar-refractivity contribution in [3.8, 4) is 0 Å². The van der Waals surface area contributed by atoms with E-state index < -0.39 is 0 Å². The second kappa shape index (κ2) is 6.99. The van der Waals surface area contributed by atoms with Crippen molar-refractivity contribution >= 4 is 0 Å². The van der Waals surface area contributed by atoms with Gasteiger partial charge in [0.25, 0.3) is 0 Å². The third-order valence-electron chi connectivity index (χ3n) is 0.789. The zero-order valence-corrected chi connectivity index (χ0v) is 6.67. The fraction of sp³-hybridized carbons (Fsp3) is 1.00. The topological polar surface area (TPSA) is 38.7 Å². The monoisotopic (exact) mass is 148 g/mol. The van der Waals surface area contributed by atoms with Crippen LogP contribution < -0.4 is 0 Å². The molecule has 3 nitrogen and oxygen atoms in total. The molecule has 1 saturated heterocycles. The second-order valence-electron chi connectivity index (χ2n) is 2.44. The second-order valence-corrected chi connectivity index (χ2v) is 2.44. The fourth-order valence-electron chi connectivity index (χ4n) is 0.440. The normalized spacial score (nSPS) is 18.0. The van der Waals surface area contributed by atoms with Gasteiger partial charge in [0.05, 0.1) is 13.2 Å². The summed E-state index contributed by atoms with van der Waals surface area (Å²) in [4.78, 5) is 9.14. The Morgan fingerprint density at radius 1 is 1.10 bits per heavy atom. The Hall–Kier alpha value is -0.120. The Bertz CT molecular complexity index is 45.6. The molecule has 0 saturated carbocycles. The fourth-order valence-corrected chi connectivity index (χ4v) is 0.440. The van der Waals surface area contributed by atoms with E-state index in [-0.39, 0.29) is 6.10 Å². The molecule has 0 atom stereocenters. The van der Waals surface area contributed by atoms with Crippen molar-refractivity contribution in [3.05, 3.63) is 0 Å².